The van der Waals surface area contributed by atoms with Crippen LogP contribution in [0.2, 0.25) is 5.02 Å². The van der Waals surface area contributed by atoms with Crippen LogP contribution in [-0.4, -0.2) is 102 Å². The van der Waals surface area contributed by atoms with Crippen molar-refractivity contribution in [2.75, 3.05) is 46.0 Å². The Hall–Kier alpha value is -7.79. The highest BCUT2D eigenvalue weighted by molar-refractivity contribution is 7.99. The minimum atomic E-state index is -1.80. The van der Waals surface area contributed by atoms with Crippen LogP contribution in [0.5, 0.6) is 17.2 Å². The molecule has 0 radical (unpaired) electrons. The van der Waals surface area contributed by atoms with Crippen molar-refractivity contribution in [1.29, 1.82) is 5.26 Å². The van der Waals surface area contributed by atoms with Gasteiger partial charge in [0.1, 0.15) is 40.9 Å². The highest BCUT2D eigenvalue weighted by atomic mass is 35.5. The second kappa shape index (κ2) is 33.1. The monoisotopic (exact) mass is 1340 g/mol. The standard InChI is InChI=1S/C74H80ClN8O8PS2/c1-49(2)83(50(3)4)92(89-41-21-40-76)91-65-46-67(90-66(65)47-88-74(54-26-17-11-18-27-54,55-28-33-58(85-6)34-29-55)56-30-35-59(86-7)36-31-56)82-71(78-48-77)69(51(5)79-72(84)68(52-22-13-9-14-23-52)53-24-15-10-16-25-53)81-73(82)94-43-20-12-19-42-93-70-61-38-32-57(75)44-63(61)80-64-45-60(87-8)37-39-62(64)70/h9-11,13-18,22-39,44-45,48-50,65-68H,5,12,19-21,41-43,46-47H2,1-4,6-8H3,(H2,77,78)(H,79,84). The van der Waals surface area contributed by atoms with Crippen LogP contribution in [-0.2, 0) is 28.9 Å². The summed E-state index contributed by atoms with van der Waals surface area (Å²) in [5.74, 6) is 3.01. The summed E-state index contributed by atoms with van der Waals surface area (Å²) in [6.07, 6.45) is 2.13. The summed E-state index contributed by atoms with van der Waals surface area (Å²) in [5.41, 5.74) is 11.5. The van der Waals surface area contributed by atoms with Crippen molar-refractivity contribution in [2.45, 2.75) is 112 Å². The number of methoxy groups -OCH3 is 3. The Kier molecular flexibility index (Phi) is 24.3. The number of amides is 1. The molecule has 20 heteroatoms. The molecule has 0 spiro atoms. The second-order valence-electron chi connectivity index (χ2n) is 23.1. The van der Waals surface area contributed by atoms with Gasteiger partial charge in [-0.15, -0.1) is 11.8 Å². The number of unbranched alkanes of at least 4 members (excludes halogenated alkanes) is 2. The van der Waals surface area contributed by atoms with Crippen LogP contribution >= 0.6 is 43.7 Å². The first kappa shape index (κ1) is 69.1. The first-order chi connectivity index (χ1) is 45.8. The molecule has 488 valence electrons. The summed E-state index contributed by atoms with van der Waals surface area (Å²) >= 11 is 9.87. The number of carbonyl (C=O) groups excluding carboxylic acids is 1. The van der Waals surface area contributed by atoms with E-state index in [1.54, 1.807) is 33.1 Å². The van der Waals surface area contributed by atoms with Gasteiger partial charge < -0.3 is 43.8 Å². The van der Waals surface area contributed by atoms with E-state index in [-0.39, 0.29) is 49.7 Å². The maximum absolute atomic E-state index is 14.9. The fourth-order valence-corrected chi connectivity index (χ4v) is 16.1. The van der Waals surface area contributed by atoms with Gasteiger partial charge in [0, 0.05) is 51.0 Å². The second-order valence-corrected chi connectivity index (χ2v) is 27.1. The smallest absolute Gasteiger partial charge is 0.259 e. The molecule has 1 amide bonds. The summed E-state index contributed by atoms with van der Waals surface area (Å²) in [7, 11) is 3.16. The predicted molar refractivity (Wildman–Crippen MR) is 379 cm³/mol. The Morgan fingerprint density at radius 2 is 1.33 bits per heavy atom. The van der Waals surface area contributed by atoms with Crippen LogP contribution in [0.15, 0.2) is 198 Å². The number of halogens is 1. The van der Waals surface area contributed by atoms with E-state index in [1.807, 2.05) is 174 Å². The van der Waals surface area contributed by atoms with Gasteiger partial charge in [0.15, 0.2) is 11.0 Å². The van der Waals surface area contributed by atoms with Gasteiger partial charge in [0.25, 0.3) is 8.53 Å². The molecule has 2 aromatic heterocycles. The molecule has 9 aromatic rings. The summed E-state index contributed by atoms with van der Waals surface area (Å²) in [4.78, 5) is 31.2. The molecular weight excluding hydrogens is 1260 g/mol. The molecule has 3 N–H and O–H groups in total. The molecule has 0 saturated carbocycles. The molecule has 16 nitrogen and oxygen atoms in total. The van der Waals surface area contributed by atoms with Gasteiger partial charge in [0.05, 0.1) is 82.1 Å². The van der Waals surface area contributed by atoms with Crippen molar-refractivity contribution in [1.82, 2.24) is 24.5 Å². The first-order valence-electron chi connectivity index (χ1n) is 31.5. The van der Waals surface area contributed by atoms with Crippen molar-refractivity contribution < 1.29 is 37.5 Å². The van der Waals surface area contributed by atoms with Gasteiger partial charge in [-0.05, 0) is 123 Å². The molecule has 1 aliphatic heterocycles. The summed E-state index contributed by atoms with van der Waals surface area (Å²) in [6, 6.07) is 59.4. The maximum Gasteiger partial charge on any atom is 0.259 e. The average Bonchev–Trinajstić information content (AvgIpc) is 1.09. The number of nitriles is 1. The number of hydrogen-bond donors (Lipinski definition) is 2. The molecule has 10 rings (SSSR count). The number of imidazole rings is 1. The lowest BCUT2D eigenvalue weighted by Crippen LogP contribution is -2.39. The Bertz CT molecular complexity index is 3960. The number of rotatable bonds is 32. The molecule has 0 bridgehead atoms. The first-order valence-corrected chi connectivity index (χ1v) is 34.9. The number of nitrogens with one attached hydrogen (secondary N) is 1. The normalized spacial score (nSPS) is 15.4. The van der Waals surface area contributed by atoms with Crippen LogP contribution in [0, 0.1) is 11.3 Å². The maximum atomic E-state index is 14.9. The Morgan fingerprint density at radius 1 is 0.777 bits per heavy atom. The van der Waals surface area contributed by atoms with Crippen molar-refractivity contribution in [3.05, 3.63) is 221 Å². The van der Waals surface area contributed by atoms with E-state index in [4.69, 9.17) is 65.0 Å². The number of pyridine rings is 1. The third-order valence-corrected chi connectivity index (χ3v) is 20.9. The van der Waals surface area contributed by atoms with Crippen LogP contribution in [0.25, 0.3) is 27.5 Å². The minimum absolute atomic E-state index is 0.00410. The number of nitrogens with zero attached hydrogens (tertiary/aromatic N) is 6. The molecule has 1 aliphatic rings. The lowest BCUT2D eigenvalue weighted by Gasteiger charge is -2.39. The van der Waals surface area contributed by atoms with E-state index >= 15 is 0 Å². The van der Waals surface area contributed by atoms with Gasteiger partial charge in [-0.2, -0.15) is 5.26 Å². The van der Waals surface area contributed by atoms with Crippen molar-refractivity contribution in [2.24, 2.45) is 10.7 Å². The summed E-state index contributed by atoms with van der Waals surface area (Å²) < 4.78 is 50.2. The zero-order chi connectivity index (χ0) is 66.1. The van der Waals surface area contributed by atoms with Gasteiger partial charge in [-0.25, -0.2) is 19.6 Å². The highest BCUT2D eigenvalue weighted by Crippen LogP contribution is 2.52. The van der Waals surface area contributed by atoms with E-state index in [9.17, 15) is 10.1 Å². The van der Waals surface area contributed by atoms with Gasteiger partial charge in [-0.3, -0.25) is 9.36 Å². The molecule has 4 atom stereocenters. The zero-order valence-electron chi connectivity index (χ0n) is 54.0. The van der Waals surface area contributed by atoms with E-state index < -0.39 is 38.5 Å². The predicted octanol–water partition coefficient (Wildman–Crippen LogP) is 16.8. The number of ether oxygens (including phenoxy) is 5. The molecule has 3 heterocycles. The van der Waals surface area contributed by atoms with Crippen LogP contribution in [0.1, 0.15) is 105 Å². The lowest BCUT2D eigenvalue weighted by molar-refractivity contribution is -0.120. The number of fused-ring (bicyclic) bond motifs is 2. The van der Waals surface area contributed by atoms with Gasteiger partial charge in [-0.1, -0.05) is 158 Å². The number of benzene rings is 7. The number of aromatic nitrogens is 3. The van der Waals surface area contributed by atoms with Gasteiger partial charge >= 0.3 is 0 Å². The fourth-order valence-electron chi connectivity index (χ4n) is 11.9. The number of carbonyl (C=O) groups is 1. The number of hydrogen-bond acceptors (Lipinski definition) is 15. The molecule has 1 saturated heterocycles. The molecule has 1 fully saturated rings. The van der Waals surface area contributed by atoms with Crippen molar-refractivity contribution >= 4 is 89.2 Å². The van der Waals surface area contributed by atoms with Crippen LogP contribution < -0.4 is 25.3 Å². The van der Waals surface area contributed by atoms with Crippen LogP contribution in [0.3, 0.4) is 0 Å². The third-order valence-electron chi connectivity index (χ3n) is 16.3. The fraction of sp³-hybridized carbons (Fsp3) is 0.311. The summed E-state index contributed by atoms with van der Waals surface area (Å²) in [6.45, 7) is 13.1. The Labute approximate surface area is 566 Å². The van der Waals surface area contributed by atoms with Crippen molar-refractivity contribution in [3.63, 3.8) is 0 Å². The van der Waals surface area contributed by atoms with E-state index in [2.05, 4.69) is 68.5 Å². The van der Waals surface area contributed by atoms with Crippen LogP contribution in [0.4, 0.5) is 5.82 Å². The van der Waals surface area contributed by atoms with Crippen molar-refractivity contribution in [3.8, 4) is 23.3 Å². The number of thioether (sulfide) groups is 2. The minimum Gasteiger partial charge on any atom is -0.497 e. The van der Waals surface area contributed by atoms with E-state index in [0.717, 1.165) is 85.3 Å². The summed E-state index contributed by atoms with van der Waals surface area (Å²) in [5, 5.41) is 16.2. The lowest BCUT2D eigenvalue weighted by atomic mass is 9.80. The Balaban J connectivity index is 1.02. The topological polar surface area (TPSA) is 190 Å². The molecular formula is C74H80ClN8O8PS2. The largest absolute Gasteiger partial charge is 0.497 e. The SMILES string of the molecule is C=C(NC(=O)C(c1ccccc1)c1ccccc1)c1nc(SCCCCCSc2c3ccc(Cl)cc3nc3cc(OC)ccc23)n(C2CC(OP(OCCC#N)N(C(C)C)C(C)C)C(COC(c3ccccc3)(c3ccc(OC)cc3)c3ccc(OC)cc3)O2)c1/N=C\N. The van der Waals surface area contributed by atoms with E-state index in [1.165, 1.54) is 6.34 Å². The highest BCUT2D eigenvalue weighted by Gasteiger charge is 2.46. The van der Waals surface area contributed by atoms with Gasteiger partial charge in [0.2, 0.25) is 5.91 Å². The number of aliphatic imine (C=N–C) groups is 1. The zero-order valence-corrected chi connectivity index (χ0v) is 57.3. The average molecular weight is 1340 g/mol. The van der Waals surface area contributed by atoms with E-state index in [0.29, 0.717) is 38.9 Å². The number of nitrogens with two attached hydrogens (primary N) is 1. The molecule has 7 aromatic carbocycles. The molecule has 0 aliphatic carbocycles. The quantitative estimate of drug-likeness (QED) is 0.00770. The molecule has 4 unspecified atom stereocenters. The Morgan fingerprint density at radius 3 is 1.90 bits per heavy atom. The molecule has 94 heavy (non-hydrogen) atoms. The third kappa shape index (κ3) is 16.1.